The first-order valence-corrected chi connectivity index (χ1v) is 9.24. The number of aryl methyl sites for hydroxylation is 2. The number of carbonyl (C=O) groups excluding carboxylic acids is 2. The van der Waals surface area contributed by atoms with Crippen molar-refractivity contribution in [1.82, 2.24) is 19.9 Å². The predicted molar refractivity (Wildman–Crippen MR) is 102 cm³/mol. The van der Waals surface area contributed by atoms with Gasteiger partial charge in [0, 0.05) is 42.7 Å². The van der Waals surface area contributed by atoms with E-state index in [1.54, 1.807) is 49.1 Å². The van der Waals surface area contributed by atoms with Gasteiger partial charge >= 0.3 is 0 Å². The van der Waals surface area contributed by atoms with Crippen LogP contribution in [0.4, 0.5) is 4.39 Å². The second-order valence-corrected chi connectivity index (χ2v) is 7.08. The highest BCUT2D eigenvalue weighted by molar-refractivity contribution is 6.04. The van der Waals surface area contributed by atoms with Crippen molar-refractivity contribution in [2.75, 3.05) is 0 Å². The smallest absolute Gasteiger partial charge is 0.268 e. The lowest BCUT2D eigenvalue weighted by Gasteiger charge is -2.19. The third-order valence-corrected chi connectivity index (χ3v) is 5.27. The molecule has 0 bridgehead atoms. The van der Waals surface area contributed by atoms with Gasteiger partial charge in [-0.15, -0.1) is 0 Å². The van der Waals surface area contributed by atoms with Crippen LogP contribution in [0.2, 0.25) is 0 Å². The monoisotopic (exact) mass is 380 g/mol. The second kappa shape index (κ2) is 7.07. The lowest BCUT2D eigenvalue weighted by molar-refractivity contribution is 0.0934. The molecule has 6 nitrogen and oxygen atoms in total. The molecule has 0 saturated heterocycles. The zero-order valence-corrected chi connectivity index (χ0v) is 15.8. The molecule has 1 amide bonds. The number of amides is 1. The van der Waals surface area contributed by atoms with Crippen LogP contribution in [0.15, 0.2) is 36.7 Å². The van der Waals surface area contributed by atoms with E-state index in [0.717, 1.165) is 18.5 Å². The number of aromatic nitrogens is 3. The minimum atomic E-state index is -0.760. The van der Waals surface area contributed by atoms with E-state index < -0.39 is 17.8 Å². The summed E-state index contributed by atoms with van der Waals surface area (Å²) in [7, 11) is 1.79. The number of H-pyrrole nitrogens is 1. The number of carbonyl (C=O) groups is 2. The second-order valence-electron chi connectivity index (χ2n) is 7.08. The highest BCUT2D eigenvalue weighted by Crippen LogP contribution is 2.28. The average molecular weight is 380 g/mol. The molecule has 0 radical (unpaired) electrons. The standard InChI is InChI=1S/C21H21FN4O2/c1-12-17-15(8-5-9-16(17)27)24-18(12)21(28)25-19(20-23-10-11-26(20)2)13-6-3-4-7-14(13)22/h3-4,6-7,10-11,19,24H,5,8-9H2,1-2H3,(H,25,28)/t19-/m1/s1. The molecule has 144 valence electrons. The highest BCUT2D eigenvalue weighted by atomic mass is 19.1. The maximum absolute atomic E-state index is 14.5. The van der Waals surface area contributed by atoms with Crippen molar-refractivity contribution in [3.63, 3.8) is 0 Å². The number of nitrogens with zero attached hydrogens (tertiary/aromatic N) is 2. The van der Waals surface area contributed by atoms with Gasteiger partial charge in [0.15, 0.2) is 5.78 Å². The number of aromatic amines is 1. The highest BCUT2D eigenvalue weighted by Gasteiger charge is 2.29. The number of benzene rings is 1. The molecule has 0 fully saturated rings. The molecule has 0 unspecified atom stereocenters. The lowest BCUT2D eigenvalue weighted by Crippen LogP contribution is -2.32. The maximum atomic E-state index is 14.5. The van der Waals surface area contributed by atoms with Crippen LogP contribution >= 0.6 is 0 Å². The number of ketones is 1. The number of hydrogen-bond donors (Lipinski definition) is 2. The third-order valence-electron chi connectivity index (χ3n) is 5.27. The number of fused-ring (bicyclic) bond motifs is 1. The van der Waals surface area contributed by atoms with Crippen molar-refractivity contribution in [3.05, 3.63) is 76.4 Å². The largest absolute Gasteiger partial charge is 0.354 e. The van der Waals surface area contributed by atoms with Crippen LogP contribution in [-0.2, 0) is 13.5 Å². The molecule has 2 aromatic heterocycles. The summed E-state index contributed by atoms with van der Waals surface area (Å²) in [4.78, 5) is 32.7. The fourth-order valence-corrected chi connectivity index (χ4v) is 3.85. The molecule has 0 aliphatic heterocycles. The Bertz CT molecular complexity index is 1070. The van der Waals surface area contributed by atoms with Crippen LogP contribution in [-0.4, -0.2) is 26.2 Å². The molecule has 1 aromatic carbocycles. The molecule has 4 rings (SSSR count). The van der Waals surface area contributed by atoms with Crippen LogP contribution in [0.5, 0.6) is 0 Å². The molecule has 1 aliphatic rings. The molecule has 2 N–H and O–H groups in total. The Morgan fingerprint density at radius 2 is 2.11 bits per heavy atom. The fourth-order valence-electron chi connectivity index (χ4n) is 3.85. The van der Waals surface area contributed by atoms with Gasteiger partial charge in [-0.3, -0.25) is 9.59 Å². The first-order valence-electron chi connectivity index (χ1n) is 9.24. The number of Topliss-reactive ketones (excluding diaryl/α,β-unsaturated/α-hetero) is 1. The summed E-state index contributed by atoms with van der Waals surface area (Å²) in [6, 6.07) is 5.55. The van der Waals surface area contributed by atoms with E-state index in [1.807, 2.05) is 0 Å². The van der Waals surface area contributed by atoms with Crippen molar-refractivity contribution in [2.24, 2.45) is 7.05 Å². The van der Waals surface area contributed by atoms with Crippen LogP contribution in [0, 0.1) is 12.7 Å². The van der Waals surface area contributed by atoms with Gasteiger partial charge in [0.25, 0.3) is 5.91 Å². The van der Waals surface area contributed by atoms with Crippen molar-refractivity contribution < 1.29 is 14.0 Å². The van der Waals surface area contributed by atoms with Crippen LogP contribution in [0.3, 0.4) is 0 Å². The molecule has 0 spiro atoms. The molecule has 0 saturated carbocycles. The molecular formula is C21H21FN4O2. The van der Waals surface area contributed by atoms with Crippen LogP contribution in [0.1, 0.15) is 62.4 Å². The summed E-state index contributed by atoms with van der Waals surface area (Å²) >= 11 is 0. The molecule has 1 atom stereocenters. The van der Waals surface area contributed by atoms with Gasteiger partial charge in [0.05, 0.1) is 0 Å². The van der Waals surface area contributed by atoms with E-state index in [4.69, 9.17) is 0 Å². The van der Waals surface area contributed by atoms with E-state index in [2.05, 4.69) is 15.3 Å². The number of hydrogen-bond acceptors (Lipinski definition) is 3. The molecule has 7 heteroatoms. The van der Waals surface area contributed by atoms with Gasteiger partial charge in [0.1, 0.15) is 23.4 Å². The Morgan fingerprint density at radius 3 is 2.79 bits per heavy atom. The van der Waals surface area contributed by atoms with Gasteiger partial charge < -0.3 is 14.9 Å². The SMILES string of the molecule is Cc1c(C(=O)N[C@H](c2ccccc2F)c2nccn2C)[nH]c2c1C(=O)CCC2. The number of halogens is 1. The van der Waals surface area contributed by atoms with Crippen molar-refractivity contribution >= 4 is 11.7 Å². The van der Waals surface area contributed by atoms with Crippen LogP contribution < -0.4 is 5.32 Å². The molecule has 1 aliphatic carbocycles. The predicted octanol–water partition coefficient (Wildman–Crippen LogP) is 3.23. The van der Waals surface area contributed by atoms with E-state index in [-0.39, 0.29) is 5.78 Å². The van der Waals surface area contributed by atoms with Crippen molar-refractivity contribution in [3.8, 4) is 0 Å². The normalized spacial score (nSPS) is 14.6. The fraction of sp³-hybridized carbons (Fsp3) is 0.286. The number of imidazole rings is 1. The van der Waals surface area contributed by atoms with Gasteiger partial charge in [-0.2, -0.15) is 0 Å². The van der Waals surface area contributed by atoms with Gasteiger partial charge in [-0.05, 0) is 31.4 Å². The molecular weight excluding hydrogens is 359 g/mol. The zero-order chi connectivity index (χ0) is 19.8. The minimum Gasteiger partial charge on any atom is -0.354 e. The summed E-state index contributed by atoms with van der Waals surface area (Å²) in [5.74, 6) is -0.239. The van der Waals surface area contributed by atoms with Gasteiger partial charge in [0.2, 0.25) is 0 Å². The van der Waals surface area contributed by atoms with E-state index in [9.17, 15) is 14.0 Å². The first kappa shape index (κ1) is 18.2. The Hall–Kier alpha value is -3.22. The van der Waals surface area contributed by atoms with Crippen LogP contribution in [0.25, 0.3) is 0 Å². The Balaban J connectivity index is 1.72. The summed E-state index contributed by atoms with van der Waals surface area (Å²) in [6.07, 6.45) is 5.36. The minimum absolute atomic E-state index is 0.0591. The van der Waals surface area contributed by atoms with Gasteiger partial charge in [-0.25, -0.2) is 9.37 Å². The summed E-state index contributed by atoms with van der Waals surface area (Å²) in [5, 5.41) is 2.89. The number of nitrogens with one attached hydrogen (secondary N) is 2. The van der Waals surface area contributed by atoms with E-state index in [0.29, 0.717) is 34.6 Å². The zero-order valence-electron chi connectivity index (χ0n) is 15.8. The maximum Gasteiger partial charge on any atom is 0.268 e. The van der Waals surface area contributed by atoms with Gasteiger partial charge in [-0.1, -0.05) is 18.2 Å². The van der Waals surface area contributed by atoms with E-state index >= 15 is 0 Å². The van der Waals surface area contributed by atoms with Crippen molar-refractivity contribution in [2.45, 2.75) is 32.2 Å². The summed E-state index contributed by atoms with van der Waals surface area (Å²) < 4.78 is 16.2. The lowest BCUT2D eigenvalue weighted by atomic mass is 9.93. The van der Waals surface area contributed by atoms with Crippen molar-refractivity contribution in [1.29, 1.82) is 0 Å². The Kier molecular flexibility index (Phi) is 4.58. The quantitative estimate of drug-likeness (QED) is 0.729. The Labute approximate surface area is 161 Å². The third kappa shape index (κ3) is 3.02. The Morgan fingerprint density at radius 1 is 1.32 bits per heavy atom. The van der Waals surface area contributed by atoms with E-state index in [1.165, 1.54) is 6.07 Å². The molecule has 28 heavy (non-hydrogen) atoms. The summed E-state index contributed by atoms with van der Waals surface area (Å²) in [6.45, 7) is 1.77. The number of rotatable bonds is 4. The average Bonchev–Trinajstić information content (AvgIpc) is 3.24. The topological polar surface area (TPSA) is 79.8 Å². The molecule has 2 heterocycles. The summed E-state index contributed by atoms with van der Waals surface area (Å²) in [5.41, 5.74) is 2.74. The first-order chi connectivity index (χ1) is 13.5. The molecule has 3 aromatic rings.